The molecule has 0 spiro atoms. The molecule has 0 aliphatic heterocycles. The number of hydrogen-bond donors (Lipinski definition) is 0. The zero-order valence-electron chi connectivity index (χ0n) is 16.7. The van der Waals surface area contributed by atoms with Crippen molar-refractivity contribution in [3.8, 4) is 11.5 Å². The number of benzene rings is 1. The Morgan fingerprint density at radius 1 is 1.32 bits per heavy atom. The minimum absolute atomic E-state index is 0.171. The standard InChI is InChI=1S/C20H24N4O3S/c1-7-10-23-17-15(26-5)8-9-16(27-6)18(17)28-20(23)21-19(25)14-11-13(4)24(22-14)12(2)3/h7-9,11-12H,1,10H2,2-6H3. The van der Waals surface area contributed by atoms with Crippen LogP contribution in [0.15, 0.2) is 35.8 Å². The minimum Gasteiger partial charge on any atom is -0.495 e. The molecule has 0 aliphatic carbocycles. The molecule has 8 heteroatoms. The quantitative estimate of drug-likeness (QED) is 0.591. The van der Waals surface area contributed by atoms with Gasteiger partial charge in [-0.25, -0.2) is 0 Å². The average molecular weight is 401 g/mol. The smallest absolute Gasteiger partial charge is 0.300 e. The SMILES string of the molecule is C=CCn1c(=NC(=O)c2cc(C)n(C(C)C)n2)sc2c(OC)ccc(OC)c21. The van der Waals surface area contributed by atoms with E-state index in [2.05, 4.69) is 16.7 Å². The normalized spacial score (nSPS) is 12.0. The number of aryl methyl sites for hydroxylation is 1. The summed E-state index contributed by atoms with van der Waals surface area (Å²) in [4.78, 5) is 17.7. The lowest BCUT2D eigenvalue weighted by molar-refractivity contribution is 0.0992. The van der Waals surface area contributed by atoms with E-state index in [9.17, 15) is 4.79 Å². The van der Waals surface area contributed by atoms with Crippen molar-refractivity contribution in [2.75, 3.05) is 14.2 Å². The van der Waals surface area contributed by atoms with Crippen LogP contribution in [0, 0.1) is 6.92 Å². The molecule has 2 heterocycles. The number of rotatable bonds is 6. The van der Waals surface area contributed by atoms with E-state index in [0.717, 1.165) is 15.9 Å². The van der Waals surface area contributed by atoms with Gasteiger partial charge in [0.25, 0.3) is 5.91 Å². The summed E-state index contributed by atoms with van der Waals surface area (Å²) in [5.74, 6) is 1.000. The van der Waals surface area contributed by atoms with Crippen molar-refractivity contribution in [1.29, 1.82) is 0 Å². The summed E-state index contributed by atoms with van der Waals surface area (Å²) in [5.41, 5.74) is 2.07. The molecule has 3 aromatic rings. The zero-order chi connectivity index (χ0) is 20.4. The van der Waals surface area contributed by atoms with Crippen LogP contribution in [0.4, 0.5) is 0 Å². The molecule has 0 bridgehead atoms. The van der Waals surface area contributed by atoms with Crippen molar-refractivity contribution in [1.82, 2.24) is 14.3 Å². The lowest BCUT2D eigenvalue weighted by Gasteiger charge is -2.08. The van der Waals surface area contributed by atoms with Crippen LogP contribution in [-0.2, 0) is 6.54 Å². The largest absolute Gasteiger partial charge is 0.495 e. The summed E-state index contributed by atoms with van der Waals surface area (Å²) in [6.45, 7) is 10.3. The number of allylic oxidation sites excluding steroid dienone is 1. The Morgan fingerprint density at radius 3 is 2.57 bits per heavy atom. The number of ether oxygens (including phenoxy) is 2. The summed E-state index contributed by atoms with van der Waals surface area (Å²) < 4.78 is 15.6. The van der Waals surface area contributed by atoms with Gasteiger partial charge in [0.2, 0.25) is 0 Å². The van der Waals surface area contributed by atoms with E-state index >= 15 is 0 Å². The zero-order valence-corrected chi connectivity index (χ0v) is 17.5. The monoisotopic (exact) mass is 400 g/mol. The summed E-state index contributed by atoms with van der Waals surface area (Å²) in [7, 11) is 3.22. The molecule has 1 amide bonds. The topological polar surface area (TPSA) is 70.6 Å². The second kappa shape index (κ2) is 8.02. The fourth-order valence-electron chi connectivity index (χ4n) is 3.10. The molecule has 0 atom stereocenters. The van der Waals surface area contributed by atoms with Crippen molar-refractivity contribution < 1.29 is 14.3 Å². The first-order valence-corrected chi connectivity index (χ1v) is 9.73. The highest BCUT2D eigenvalue weighted by molar-refractivity contribution is 7.16. The van der Waals surface area contributed by atoms with Crippen molar-refractivity contribution in [3.05, 3.63) is 47.0 Å². The van der Waals surface area contributed by atoms with Crippen LogP contribution >= 0.6 is 11.3 Å². The van der Waals surface area contributed by atoms with E-state index in [1.807, 2.05) is 42.2 Å². The minimum atomic E-state index is -0.384. The highest BCUT2D eigenvalue weighted by Crippen LogP contribution is 2.35. The van der Waals surface area contributed by atoms with Gasteiger partial charge in [-0.15, -0.1) is 6.58 Å². The van der Waals surface area contributed by atoms with Crippen LogP contribution in [-0.4, -0.2) is 34.5 Å². The Balaban J connectivity index is 2.21. The first-order valence-electron chi connectivity index (χ1n) is 8.91. The molecule has 0 saturated carbocycles. The van der Waals surface area contributed by atoms with Gasteiger partial charge in [0.05, 0.1) is 14.2 Å². The van der Waals surface area contributed by atoms with Gasteiger partial charge in [-0.1, -0.05) is 17.4 Å². The molecule has 0 saturated heterocycles. The first-order chi connectivity index (χ1) is 13.4. The number of nitrogens with zero attached hydrogens (tertiary/aromatic N) is 4. The van der Waals surface area contributed by atoms with E-state index in [-0.39, 0.29) is 11.9 Å². The Hall–Kier alpha value is -2.87. The molecular formula is C20H24N4O3S. The van der Waals surface area contributed by atoms with Crippen LogP contribution in [0.3, 0.4) is 0 Å². The molecule has 148 valence electrons. The van der Waals surface area contributed by atoms with E-state index < -0.39 is 0 Å². The number of methoxy groups -OCH3 is 2. The molecule has 0 fully saturated rings. The molecule has 28 heavy (non-hydrogen) atoms. The average Bonchev–Trinajstić information content (AvgIpc) is 3.23. The van der Waals surface area contributed by atoms with Gasteiger partial charge in [0.1, 0.15) is 21.7 Å². The molecule has 0 N–H and O–H groups in total. The first kappa shape index (κ1) is 19.9. The number of carbonyl (C=O) groups excluding carboxylic acids is 1. The summed E-state index contributed by atoms with van der Waals surface area (Å²) in [5, 5.41) is 4.40. The number of amides is 1. The second-order valence-corrected chi connectivity index (χ2v) is 7.54. The highest BCUT2D eigenvalue weighted by Gasteiger charge is 2.18. The Morgan fingerprint density at radius 2 is 2.00 bits per heavy atom. The molecule has 0 aliphatic rings. The van der Waals surface area contributed by atoms with Gasteiger partial charge in [-0.3, -0.25) is 9.48 Å². The molecule has 7 nitrogen and oxygen atoms in total. The molecule has 0 radical (unpaired) electrons. The van der Waals surface area contributed by atoms with Gasteiger partial charge in [0.15, 0.2) is 10.5 Å². The third-order valence-electron chi connectivity index (χ3n) is 4.33. The predicted octanol–water partition coefficient (Wildman–Crippen LogP) is 3.73. The maximum absolute atomic E-state index is 12.8. The molecule has 0 unspecified atom stereocenters. The van der Waals surface area contributed by atoms with Gasteiger partial charge in [-0.2, -0.15) is 10.1 Å². The highest BCUT2D eigenvalue weighted by atomic mass is 32.1. The number of hydrogen-bond acceptors (Lipinski definition) is 5. The maximum Gasteiger partial charge on any atom is 0.300 e. The molecule has 2 aromatic heterocycles. The van der Waals surface area contributed by atoms with Crippen LogP contribution in [0.25, 0.3) is 10.2 Å². The second-order valence-electron chi connectivity index (χ2n) is 6.56. The number of carbonyl (C=O) groups is 1. The predicted molar refractivity (Wildman–Crippen MR) is 110 cm³/mol. The van der Waals surface area contributed by atoms with Crippen molar-refractivity contribution in [2.45, 2.75) is 33.4 Å². The number of thiazole rings is 1. The summed E-state index contributed by atoms with van der Waals surface area (Å²) in [6.07, 6.45) is 1.76. The third-order valence-corrected chi connectivity index (χ3v) is 5.42. The van der Waals surface area contributed by atoms with Crippen LogP contribution < -0.4 is 14.3 Å². The van der Waals surface area contributed by atoms with E-state index in [1.165, 1.54) is 11.3 Å². The van der Waals surface area contributed by atoms with Crippen LogP contribution in [0.5, 0.6) is 11.5 Å². The van der Waals surface area contributed by atoms with Crippen molar-refractivity contribution in [3.63, 3.8) is 0 Å². The van der Waals surface area contributed by atoms with E-state index in [4.69, 9.17) is 9.47 Å². The summed E-state index contributed by atoms with van der Waals surface area (Å²) >= 11 is 1.37. The van der Waals surface area contributed by atoms with Gasteiger partial charge in [0, 0.05) is 18.3 Å². The fraction of sp³-hybridized carbons (Fsp3) is 0.350. The Kier molecular flexibility index (Phi) is 5.69. The van der Waals surface area contributed by atoms with Crippen LogP contribution in [0.1, 0.15) is 36.1 Å². The molecule has 1 aromatic carbocycles. The Bertz CT molecular complexity index is 1100. The summed E-state index contributed by atoms with van der Waals surface area (Å²) in [6, 6.07) is 5.62. The van der Waals surface area contributed by atoms with Gasteiger partial charge < -0.3 is 14.0 Å². The molecule has 3 rings (SSSR count). The number of aromatic nitrogens is 3. The third kappa shape index (κ3) is 3.47. The molecular weight excluding hydrogens is 376 g/mol. The van der Waals surface area contributed by atoms with E-state index in [0.29, 0.717) is 28.5 Å². The van der Waals surface area contributed by atoms with Crippen molar-refractivity contribution in [2.24, 2.45) is 4.99 Å². The maximum atomic E-state index is 12.8. The fourth-order valence-corrected chi connectivity index (χ4v) is 4.24. The van der Waals surface area contributed by atoms with Crippen molar-refractivity contribution >= 4 is 27.5 Å². The van der Waals surface area contributed by atoms with E-state index in [1.54, 1.807) is 26.4 Å². The lowest BCUT2D eigenvalue weighted by atomic mass is 10.3. The number of fused-ring (bicyclic) bond motifs is 1. The lowest BCUT2D eigenvalue weighted by Crippen LogP contribution is -2.17. The Labute approximate surface area is 167 Å². The van der Waals surface area contributed by atoms with Gasteiger partial charge in [-0.05, 0) is 39.0 Å². The van der Waals surface area contributed by atoms with Crippen LogP contribution in [0.2, 0.25) is 0 Å². The van der Waals surface area contributed by atoms with Gasteiger partial charge >= 0.3 is 0 Å².